The van der Waals surface area contributed by atoms with E-state index in [0.717, 1.165) is 22.2 Å². The van der Waals surface area contributed by atoms with Crippen molar-refractivity contribution in [3.8, 4) is 0 Å². The van der Waals surface area contributed by atoms with Crippen molar-refractivity contribution >= 4 is 58.0 Å². The molecule has 24 heavy (non-hydrogen) atoms. The molecule has 0 aliphatic carbocycles. The molecule has 0 N–H and O–H groups in total. The zero-order valence-corrected chi connectivity index (χ0v) is 15.9. The maximum absolute atomic E-state index is 12.6. The zero-order chi connectivity index (χ0) is 17.3. The Balaban J connectivity index is 1.91. The van der Waals surface area contributed by atoms with Crippen LogP contribution in [0.25, 0.3) is 0 Å². The normalized spacial score (nSPS) is 15.7. The van der Waals surface area contributed by atoms with Crippen LogP contribution in [0.3, 0.4) is 0 Å². The van der Waals surface area contributed by atoms with Gasteiger partial charge >= 0.3 is 0 Å². The van der Waals surface area contributed by atoms with E-state index >= 15 is 0 Å². The Labute approximate surface area is 160 Å². The van der Waals surface area contributed by atoms with Gasteiger partial charge in [0.15, 0.2) is 5.78 Å². The van der Waals surface area contributed by atoms with Crippen LogP contribution in [0, 0.1) is 0 Å². The van der Waals surface area contributed by atoms with E-state index in [2.05, 4.69) is 24.0 Å². The van der Waals surface area contributed by atoms with Crippen molar-refractivity contribution in [3.05, 3.63) is 70.8 Å². The van der Waals surface area contributed by atoms with Gasteiger partial charge in [-0.05, 0) is 25.1 Å². The number of ketones is 1. The highest BCUT2D eigenvalue weighted by atomic mass is 35.6. The largest absolute Gasteiger partial charge is 0.335 e. The van der Waals surface area contributed by atoms with Crippen LogP contribution in [0.1, 0.15) is 22.8 Å². The molecular formula is C18H14Cl3NOS. The van der Waals surface area contributed by atoms with Gasteiger partial charge in [0.2, 0.25) is 3.79 Å². The van der Waals surface area contributed by atoms with Gasteiger partial charge < -0.3 is 4.90 Å². The summed E-state index contributed by atoms with van der Waals surface area (Å²) in [6, 6.07) is 14.9. The van der Waals surface area contributed by atoms with Gasteiger partial charge in [0.25, 0.3) is 0 Å². The SMILES string of the molecule is CCN1C(=CC(=O)c2cccc(C(Cl)(Cl)Cl)c2)Sc2ccccc21. The van der Waals surface area contributed by atoms with Gasteiger partial charge in [0.1, 0.15) is 0 Å². The number of anilines is 1. The molecular weight excluding hydrogens is 385 g/mol. The molecule has 124 valence electrons. The summed E-state index contributed by atoms with van der Waals surface area (Å²) in [7, 11) is 0. The monoisotopic (exact) mass is 397 g/mol. The molecule has 2 aromatic rings. The van der Waals surface area contributed by atoms with Gasteiger partial charge in [-0.3, -0.25) is 4.79 Å². The number of para-hydroxylation sites is 1. The molecule has 1 aliphatic heterocycles. The van der Waals surface area contributed by atoms with E-state index in [9.17, 15) is 4.79 Å². The smallest absolute Gasteiger partial charge is 0.216 e. The zero-order valence-electron chi connectivity index (χ0n) is 12.8. The molecule has 0 saturated carbocycles. The molecule has 3 rings (SSSR count). The first-order chi connectivity index (χ1) is 11.4. The van der Waals surface area contributed by atoms with Crippen LogP contribution in [0.15, 0.2) is 64.5 Å². The van der Waals surface area contributed by atoms with Crippen LogP contribution in [0.5, 0.6) is 0 Å². The summed E-state index contributed by atoms with van der Waals surface area (Å²) in [6.07, 6.45) is 1.64. The molecule has 0 bridgehead atoms. The maximum Gasteiger partial charge on any atom is 0.216 e. The third-order valence-electron chi connectivity index (χ3n) is 3.68. The Morgan fingerprint density at radius 3 is 2.62 bits per heavy atom. The van der Waals surface area contributed by atoms with Crippen LogP contribution in [-0.4, -0.2) is 12.3 Å². The van der Waals surface area contributed by atoms with Gasteiger partial charge in [-0.1, -0.05) is 76.9 Å². The first-order valence-corrected chi connectivity index (χ1v) is 9.33. The topological polar surface area (TPSA) is 20.3 Å². The summed E-state index contributed by atoms with van der Waals surface area (Å²) in [4.78, 5) is 15.9. The molecule has 2 nitrogen and oxygen atoms in total. The van der Waals surface area contributed by atoms with Gasteiger partial charge in [-0.25, -0.2) is 0 Å². The fourth-order valence-corrected chi connectivity index (χ4v) is 4.04. The highest BCUT2D eigenvalue weighted by Crippen LogP contribution is 2.45. The molecule has 0 atom stereocenters. The first-order valence-electron chi connectivity index (χ1n) is 7.38. The molecule has 0 fully saturated rings. The van der Waals surface area contributed by atoms with Crippen molar-refractivity contribution in [2.75, 3.05) is 11.4 Å². The number of thioether (sulfide) groups is 1. The highest BCUT2D eigenvalue weighted by Gasteiger charge is 2.26. The molecule has 2 aromatic carbocycles. The number of carbonyl (C=O) groups is 1. The summed E-state index contributed by atoms with van der Waals surface area (Å²) >= 11 is 19.3. The molecule has 0 aromatic heterocycles. The number of hydrogen-bond donors (Lipinski definition) is 0. The predicted octanol–water partition coefficient (Wildman–Crippen LogP) is 6.17. The van der Waals surface area contributed by atoms with Gasteiger partial charge in [0.05, 0.1) is 10.7 Å². The molecule has 0 unspecified atom stereocenters. The lowest BCUT2D eigenvalue weighted by atomic mass is 10.1. The Hall–Kier alpha value is -1.13. The Morgan fingerprint density at radius 1 is 1.17 bits per heavy atom. The van der Waals surface area contributed by atoms with Crippen LogP contribution in [0.4, 0.5) is 5.69 Å². The average molecular weight is 399 g/mol. The minimum absolute atomic E-state index is 0.111. The molecule has 6 heteroatoms. The first kappa shape index (κ1) is 17.7. The molecule has 0 spiro atoms. The average Bonchev–Trinajstić information content (AvgIpc) is 2.91. The Morgan fingerprint density at radius 2 is 1.92 bits per heavy atom. The number of halogens is 3. The lowest BCUT2D eigenvalue weighted by molar-refractivity contribution is 0.104. The van der Waals surface area contributed by atoms with E-state index in [-0.39, 0.29) is 5.78 Å². The van der Waals surface area contributed by atoms with E-state index in [0.29, 0.717) is 11.1 Å². The lowest BCUT2D eigenvalue weighted by Crippen LogP contribution is -2.17. The minimum Gasteiger partial charge on any atom is -0.335 e. The summed E-state index contributed by atoms with van der Waals surface area (Å²) < 4.78 is -1.54. The highest BCUT2D eigenvalue weighted by molar-refractivity contribution is 8.03. The van der Waals surface area contributed by atoms with E-state index in [1.54, 1.807) is 42.1 Å². The second-order valence-corrected chi connectivity index (χ2v) is 8.58. The number of nitrogens with zero attached hydrogens (tertiary/aromatic N) is 1. The van der Waals surface area contributed by atoms with E-state index in [1.807, 2.05) is 12.1 Å². The maximum atomic E-state index is 12.6. The number of carbonyl (C=O) groups excluding carboxylic acids is 1. The van der Waals surface area contributed by atoms with E-state index in [4.69, 9.17) is 34.8 Å². The Kier molecular flexibility index (Phi) is 5.16. The Bertz CT molecular complexity index is 814. The minimum atomic E-state index is -1.54. The van der Waals surface area contributed by atoms with Crippen molar-refractivity contribution < 1.29 is 4.79 Å². The number of hydrogen-bond acceptors (Lipinski definition) is 3. The number of allylic oxidation sites excluding steroid dienone is 1. The second-order valence-electron chi connectivity index (χ2n) is 5.24. The van der Waals surface area contributed by atoms with Crippen molar-refractivity contribution in [3.63, 3.8) is 0 Å². The second kappa shape index (κ2) is 7.01. The number of alkyl halides is 3. The van der Waals surface area contributed by atoms with Crippen LogP contribution >= 0.6 is 46.6 Å². The molecule has 0 amide bonds. The van der Waals surface area contributed by atoms with Gasteiger partial charge in [-0.15, -0.1) is 0 Å². The summed E-state index contributed by atoms with van der Waals surface area (Å²) in [5, 5.41) is 0.906. The lowest BCUT2D eigenvalue weighted by Gasteiger charge is -2.17. The van der Waals surface area contributed by atoms with Crippen LogP contribution < -0.4 is 4.90 Å². The van der Waals surface area contributed by atoms with Crippen molar-refractivity contribution in [2.45, 2.75) is 15.6 Å². The molecule has 0 radical (unpaired) electrons. The third kappa shape index (κ3) is 3.60. The van der Waals surface area contributed by atoms with Crippen LogP contribution in [-0.2, 0) is 3.79 Å². The fourth-order valence-electron chi connectivity index (χ4n) is 2.53. The molecule has 1 heterocycles. The van der Waals surface area contributed by atoms with Gasteiger partial charge in [0, 0.05) is 28.6 Å². The number of rotatable bonds is 3. The summed E-state index contributed by atoms with van der Waals surface area (Å²) in [5.41, 5.74) is 2.10. The summed E-state index contributed by atoms with van der Waals surface area (Å²) in [6.45, 7) is 2.85. The fraction of sp³-hybridized carbons (Fsp3) is 0.167. The number of benzene rings is 2. The van der Waals surface area contributed by atoms with Gasteiger partial charge in [-0.2, -0.15) is 0 Å². The van der Waals surface area contributed by atoms with Crippen molar-refractivity contribution in [1.82, 2.24) is 0 Å². The van der Waals surface area contributed by atoms with Crippen LogP contribution in [0.2, 0.25) is 0 Å². The van der Waals surface area contributed by atoms with E-state index < -0.39 is 3.79 Å². The van der Waals surface area contributed by atoms with Crippen molar-refractivity contribution in [1.29, 1.82) is 0 Å². The quantitative estimate of drug-likeness (QED) is 0.350. The standard InChI is InChI=1S/C18H14Cl3NOS/c1-2-22-14-8-3-4-9-16(14)24-17(22)11-15(23)12-6-5-7-13(10-12)18(19,20)21/h3-11H,2H2,1H3. The molecule has 1 aliphatic rings. The van der Waals surface area contributed by atoms with Crippen molar-refractivity contribution in [2.24, 2.45) is 0 Å². The third-order valence-corrected chi connectivity index (χ3v) is 5.45. The summed E-state index contributed by atoms with van der Waals surface area (Å²) in [5.74, 6) is -0.111. The van der Waals surface area contributed by atoms with E-state index in [1.165, 1.54) is 0 Å². The molecule has 0 saturated heterocycles. The predicted molar refractivity (Wildman–Crippen MR) is 103 cm³/mol. The number of fused-ring (bicyclic) bond motifs is 1.